The zero-order valence-corrected chi connectivity index (χ0v) is 12.1. The van der Waals surface area contributed by atoms with Gasteiger partial charge in [0.1, 0.15) is 5.75 Å². The van der Waals surface area contributed by atoms with E-state index in [0.29, 0.717) is 30.3 Å². The molecule has 1 aromatic carbocycles. The van der Waals surface area contributed by atoms with E-state index in [-0.39, 0.29) is 12.5 Å². The van der Waals surface area contributed by atoms with Crippen LogP contribution in [0.15, 0.2) is 18.2 Å². The van der Waals surface area contributed by atoms with E-state index >= 15 is 0 Å². The molecule has 8 heteroatoms. The molecule has 3 amide bonds. The van der Waals surface area contributed by atoms with E-state index in [0.717, 1.165) is 0 Å². The van der Waals surface area contributed by atoms with Crippen molar-refractivity contribution in [3.8, 4) is 5.75 Å². The minimum atomic E-state index is -0.688. The second-order valence-corrected chi connectivity index (χ2v) is 4.12. The van der Waals surface area contributed by atoms with E-state index in [1.165, 1.54) is 7.11 Å². The van der Waals surface area contributed by atoms with Gasteiger partial charge in [0, 0.05) is 25.4 Å². The number of primary amides is 1. The van der Waals surface area contributed by atoms with Crippen molar-refractivity contribution in [2.24, 2.45) is 5.73 Å². The first-order chi connectivity index (χ1) is 10.1. The molecule has 0 unspecified atom stereocenters. The Morgan fingerprint density at radius 2 is 2.00 bits per heavy atom. The van der Waals surface area contributed by atoms with Gasteiger partial charge in [0.25, 0.3) is 0 Å². The van der Waals surface area contributed by atoms with Crippen molar-refractivity contribution >= 4 is 23.3 Å². The molecule has 0 saturated carbocycles. The number of carbonyl (C=O) groups is 2. The Kier molecular flexibility index (Phi) is 6.99. The molecule has 0 fully saturated rings. The fourth-order valence-corrected chi connectivity index (χ4v) is 1.59. The van der Waals surface area contributed by atoms with Crippen LogP contribution in [0.1, 0.15) is 0 Å². The molecule has 0 radical (unpaired) electrons. The molecule has 0 bridgehead atoms. The summed E-state index contributed by atoms with van der Waals surface area (Å²) in [4.78, 5) is 22.5. The number of hydrogen-bond acceptors (Lipinski definition) is 5. The maximum atomic E-state index is 11.7. The van der Waals surface area contributed by atoms with Crippen LogP contribution >= 0.6 is 0 Å². The fraction of sp³-hybridized carbons (Fsp3) is 0.385. The van der Waals surface area contributed by atoms with E-state index in [1.54, 1.807) is 25.3 Å². The average Bonchev–Trinajstić information content (AvgIpc) is 2.44. The zero-order chi connectivity index (χ0) is 15.7. The molecular weight excluding hydrogens is 276 g/mol. The third-order valence-electron chi connectivity index (χ3n) is 2.51. The van der Waals surface area contributed by atoms with E-state index in [9.17, 15) is 9.59 Å². The van der Waals surface area contributed by atoms with Crippen LogP contribution in [-0.4, -0.2) is 45.9 Å². The molecule has 5 N–H and O–H groups in total. The number of nitrogens with two attached hydrogens (primary N) is 1. The standard InChI is InChI=1S/C13H20N4O4/c1-20-6-5-15-8-12(18)16-9-3-4-10(17-13(14)19)11(7-9)21-2/h3-4,7,15H,5-6,8H2,1-2H3,(H,16,18)(H3,14,17,19). The number of methoxy groups -OCH3 is 2. The van der Waals surface area contributed by atoms with Crippen molar-refractivity contribution in [3.05, 3.63) is 18.2 Å². The van der Waals surface area contributed by atoms with Gasteiger partial charge >= 0.3 is 6.03 Å². The second-order valence-electron chi connectivity index (χ2n) is 4.12. The summed E-state index contributed by atoms with van der Waals surface area (Å²) in [5.41, 5.74) is 6.04. The fourth-order valence-electron chi connectivity index (χ4n) is 1.59. The van der Waals surface area contributed by atoms with E-state index in [1.807, 2.05) is 0 Å². The summed E-state index contributed by atoms with van der Waals surface area (Å²) in [6.45, 7) is 1.30. The van der Waals surface area contributed by atoms with Gasteiger partial charge in [0.05, 0.1) is 25.9 Å². The molecule has 0 aliphatic heterocycles. The summed E-state index contributed by atoms with van der Waals surface area (Å²) < 4.78 is 9.99. The van der Waals surface area contributed by atoms with Crippen LogP contribution in [0.25, 0.3) is 0 Å². The SMILES string of the molecule is COCCNCC(=O)Nc1ccc(NC(N)=O)c(OC)c1. The van der Waals surface area contributed by atoms with Gasteiger partial charge < -0.3 is 31.2 Å². The molecule has 1 rings (SSSR count). The molecular formula is C13H20N4O4. The predicted octanol–water partition coefficient (Wildman–Crippen LogP) is 0.360. The highest BCUT2D eigenvalue weighted by atomic mass is 16.5. The number of ether oxygens (including phenoxy) is 2. The van der Waals surface area contributed by atoms with Crippen LogP contribution in [0.3, 0.4) is 0 Å². The van der Waals surface area contributed by atoms with Gasteiger partial charge in [-0.2, -0.15) is 0 Å². The normalized spacial score (nSPS) is 10.0. The summed E-state index contributed by atoms with van der Waals surface area (Å²) in [6, 6.07) is 4.14. The summed E-state index contributed by atoms with van der Waals surface area (Å²) in [5.74, 6) is 0.211. The maximum Gasteiger partial charge on any atom is 0.316 e. The smallest absolute Gasteiger partial charge is 0.316 e. The first kappa shape index (κ1) is 16.7. The van der Waals surface area contributed by atoms with Gasteiger partial charge in [-0.15, -0.1) is 0 Å². The highest BCUT2D eigenvalue weighted by Gasteiger charge is 2.08. The summed E-state index contributed by atoms with van der Waals surface area (Å²) in [6.07, 6.45) is 0. The molecule has 8 nitrogen and oxygen atoms in total. The first-order valence-corrected chi connectivity index (χ1v) is 6.30. The molecule has 0 saturated heterocycles. The first-order valence-electron chi connectivity index (χ1n) is 6.30. The van der Waals surface area contributed by atoms with Gasteiger partial charge in [-0.25, -0.2) is 4.79 Å². The van der Waals surface area contributed by atoms with Crippen LogP contribution < -0.4 is 26.4 Å². The highest BCUT2D eigenvalue weighted by molar-refractivity contribution is 5.94. The van der Waals surface area contributed by atoms with Gasteiger partial charge in [-0.05, 0) is 12.1 Å². The zero-order valence-electron chi connectivity index (χ0n) is 12.1. The molecule has 0 spiro atoms. The minimum Gasteiger partial charge on any atom is -0.494 e. The average molecular weight is 296 g/mol. The van der Waals surface area contributed by atoms with Crippen LogP contribution in [0.4, 0.5) is 16.2 Å². The third-order valence-corrected chi connectivity index (χ3v) is 2.51. The van der Waals surface area contributed by atoms with Crippen molar-refractivity contribution in [2.45, 2.75) is 0 Å². The van der Waals surface area contributed by atoms with Crippen molar-refractivity contribution in [1.82, 2.24) is 5.32 Å². The Labute approximate surface area is 123 Å². The minimum absolute atomic E-state index is 0.174. The Morgan fingerprint density at radius 1 is 1.24 bits per heavy atom. The lowest BCUT2D eigenvalue weighted by molar-refractivity contribution is -0.115. The lowest BCUT2D eigenvalue weighted by Gasteiger charge is -2.12. The maximum absolute atomic E-state index is 11.7. The number of anilines is 2. The van der Waals surface area contributed by atoms with Crippen LogP contribution in [-0.2, 0) is 9.53 Å². The Balaban J connectivity index is 2.59. The number of benzene rings is 1. The van der Waals surface area contributed by atoms with Gasteiger partial charge in [0.2, 0.25) is 5.91 Å². The third kappa shape index (κ3) is 6.11. The van der Waals surface area contributed by atoms with Crippen LogP contribution in [0.2, 0.25) is 0 Å². The molecule has 1 aromatic rings. The number of hydrogen-bond donors (Lipinski definition) is 4. The van der Waals surface area contributed by atoms with Gasteiger partial charge in [-0.3, -0.25) is 4.79 Å². The molecule has 21 heavy (non-hydrogen) atoms. The van der Waals surface area contributed by atoms with Gasteiger partial charge in [0.15, 0.2) is 0 Å². The molecule has 0 heterocycles. The summed E-state index contributed by atoms with van der Waals surface area (Å²) in [7, 11) is 3.05. The van der Waals surface area contributed by atoms with Crippen molar-refractivity contribution < 1.29 is 19.1 Å². The lowest BCUT2D eigenvalue weighted by atomic mass is 10.2. The number of amides is 3. The molecule has 116 valence electrons. The summed E-state index contributed by atoms with van der Waals surface area (Å²) >= 11 is 0. The summed E-state index contributed by atoms with van der Waals surface area (Å²) in [5, 5.41) is 8.07. The van der Waals surface area contributed by atoms with E-state index in [4.69, 9.17) is 15.2 Å². The van der Waals surface area contributed by atoms with Crippen molar-refractivity contribution in [2.75, 3.05) is 44.5 Å². The molecule has 0 atom stereocenters. The monoisotopic (exact) mass is 296 g/mol. The lowest BCUT2D eigenvalue weighted by Crippen LogP contribution is -2.30. The second kappa shape index (κ2) is 8.77. The largest absolute Gasteiger partial charge is 0.494 e. The molecule has 0 aromatic heterocycles. The number of carbonyl (C=O) groups excluding carboxylic acids is 2. The molecule has 0 aliphatic carbocycles. The number of urea groups is 1. The Morgan fingerprint density at radius 3 is 2.62 bits per heavy atom. The Bertz CT molecular complexity index is 493. The van der Waals surface area contributed by atoms with E-state index in [2.05, 4.69) is 16.0 Å². The van der Waals surface area contributed by atoms with Crippen molar-refractivity contribution in [3.63, 3.8) is 0 Å². The molecule has 0 aliphatic rings. The van der Waals surface area contributed by atoms with Crippen LogP contribution in [0.5, 0.6) is 5.75 Å². The number of nitrogens with one attached hydrogen (secondary N) is 3. The van der Waals surface area contributed by atoms with E-state index < -0.39 is 6.03 Å². The van der Waals surface area contributed by atoms with Crippen LogP contribution in [0, 0.1) is 0 Å². The van der Waals surface area contributed by atoms with Crippen molar-refractivity contribution in [1.29, 1.82) is 0 Å². The highest BCUT2D eigenvalue weighted by Crippen LogP contribution is 2.27. The Hall–Kier alpha value is -2.32. The number of rotatable bonds is 8. The predicted molar refractivity (Wildman–Crippen MR) is 79.6 cm³/mol. The quantitative estimate of drug-likeness (QED) is 0.517. The van der Waals surface area contributed by atoms with Gasteiger partial charge in [-0.1, -0.05) is 0 Å². The topological polar surface area (TPSA) is 115 Å².